The van der Waals surface area contributed by atoms with Gasteiger partial charge >= 0.3 is 6.09 Å². The predicted octanol–water partition coefficient (Wildman–Crippen LogP) is 4.18. The molecule has 23 heavy (non-hydrogen) atoms. The van der Waals surface area contributed by atoms with Gasteiger partial charge in [-0.25, -0.2) is 15.2 Å². The molecule has 4 aliphatic rings. The van der Waals surface area contributed by atoms with Crippen molar-refractivity contribution in [2.75, 3.05) is 6.61 Å². The molecule has 6 unspecified atom stereocenters. The number of hydrogen-bond acceptors (Lipinski definition) is 3. The number of ether oxygens (including phenoxy) is 1. The predicted molar refractivity (Wildman–Crippen MR) is 91.5 cm³/mol. The van der Waals surface area contributed by atoms with Gasteiger partial charge in [0, 0.05) is 17.9 Å². The SMILES string of the molecule is CCOC(=O)N1NC2CC1C1C2C2(Cl)C(Cl)=C(Cl)C1(Cl)C2(Cl)Cl. The molecule has 0 aromatic rings. The lowest BCUT2D eigenvalue weighted by Gasteiger charge is -2.43. The number of halogens is 6. The first-order valence-electron chi connectivity index (χ1n) is 7.18. The first-order valence-corrected chi connectivity index (χ1v) is 9.44. The van der Waals surface area contributed by atoms with Gasteiger partial charge in [0.1, 0.15) is 9.75 Å². The van der Waals surface area contributed by atoms with Crippen LogP contribution in [0.1, 0.15) is 13.3 Å². The molecule has 1 N–H and O–H groups in total. The molecular weight excluding hydrogens is 429 g/mol. The van der Waals surface area contributed by atoms with E-state index in [0.717, 1.165) is 0 Å². The van der Waals surface area contributed by atoms with Crippen molar-refractivity contribution in [1.82, 2.24) is 10.4 Å². The highest BCUT2D eigenvalue weighted by molar-refractivity contribution is 6.65. The summed E-state index contributed by atoms with van der Waals surface area (Å²) in [5.41, 5.74) is 3.12. The number of carbonyl (C=O) groups is 1. The van der Waals surface area contributed by atoms with Crippen LogP contribution in [0.2, 0.25) is 0 Å². The van der Waals surface area contributed by atoms with E-state index in [1.54, 1.807) is 6.92 Å². The van der Waals surface area contributed by atoms with Crippen LogP contribution in [0, 0.1) is 11.8 Å². The van der Waals surface area contributed by atoms with E-state index in [9.17, 15) is 4.79 Å². The number of carbonyl (C=O) groups excluding carboxylic acids is 1. The van der Waals surface area contributed by atoms with Crippen molar-refractivity contribution in [3.8, 4) is 0 Å². The second kappa shape index (κ2) is 4.91. The highest BCUT2D eigenvalue weighted by atomic mass is 35.5. The Balaban J connectivity index is 1.81. The zero-order valence-electron chi connectivity index (χ0n) is 11.8. The van der Waals surface area contributed by atoms with E-state index in [4.69, 9.17) is 74.3 Å². The molecule has 0 aromatic carbocycles. The standard InChI is InChI=1S/C13H12Cl6N2O2/c1-2-23-10(22)21-5-3-4(20-21)6-7(5)12(17)9(15)8(14)11(6,16)13(12,18)19/h4-7,20H,2-3H2,1H3. The smallest absolute Gasteiger partial charge is 0.424 e. The monoisotopic (exact) mass is 438 g/mol. The number of nitrogens with zero attached hydrogens (tertiary/aromatic N) is 1. The zero-order valence-corrected chi connectivity index (χ0v) is 16.3. The van der Waals surface area contributed by atoms with Gasteiger partial charge in [-0.15, -0.1) is 23.2 Å². The van der Waals surface area contributed by atoms with Crippen LogP contribution in [0.3, 0.4) is 0 Å². The zero-order chi connectivity index (χ0) is 16.9. The number of hydrazine groups is 1. The van der Waals surface area contributed by atoms with Crippen LogP contribution in [0.5, 0.6) is 0 Å². The fourth-order valence-corrected chi connectivity index (χ4v) is 7.82. The van der Waals surface area contributed by atoms with E-state index in [1.807, 2.05) is 0 Å². The van der Waals surface area contributed by atoms with Crippen molar-refractivity contribution >= 4 is 75.7 Å². The third-order valence-electron chi connectivity index (χ3n) is 5.50. The van der Waals surface area contributed by atoms with Crippen molar-refractivity contribution < 1.29 is 9.53 Å². The number of alkyl halides is 4. The van der Waals surface area contributed by atoms with Gasteiger partial charge in [-0.05, 0) is 13.3 Å². The second-order valence-corrected chi connectivity index (χ2v) is 9.56. The van der Waals surface area contributed by atoms with Gasteiger partial charge in [0.2, 0.25) is 0 Å². The summed E-state index contributed by atoms with van der Waals surface area (Å²) in [6.45, 7) is 2.01. The summed E-state index contributed by atoms with van der Waals surface area (Å²) < 4.78 is 3.50. The molecule has 128 valence electrons. The molecule has 3 fully saturated rings. The maximum atomic E-state index is 12.1. The van der Waals surface area contributed by atoms with E-state index >= 15 is 0 Å². The summed E-state index contributed by atoms with van der Waals surface area (Å²) in [5, 5.41) is 1.81. The number of rotatable bonds is 1. The Morgan fingerprint density at radius 1 is 1.22 bits per heavy atom. The first-order chi connectivity index (χ1) is 10.6. The minimum absolute atomic E-state index is 0.136. The Hall–Kier alpha value is 0.710. The number of allylic oxidation sites excluding steroid dienone is 2. The van der Waals surface area contributed by atoms with Gasteiger partial charge in [0.25, 0.3) is 0 Å². The van der Waals surface area contributed by atoms with Crippen LogP contribution in [-0.2, 0) is 4.74 Å². The molecule has 3 aliphatic carbocycles. The molecule has 1 amide bonds. The summed E-state index contributed by atoms with van der Waals surface area (Å²) in [5.74, 6) is -0.551. The van der Waals surface area contributed by atoms with E-state index in [-0.39, 0.29) is 40.6 Å². The van der Waals surface area contributed by atoms with E-state index in [1.165, 1.54) is 5.01 Å². The quantitative estimate of drug-likeness (QED) is 0.491. The maximum Gasteiger partial charge on any atom is 0.424 e. The van der Waals surface area contributed by atoms with Crippen LogP contribution in [0.25, 0.3) is 0 Å². The Morgan fingerprint density at radius 2 is 1.78 bits per heavy atom. The molecule has 2 saturated carbocycles. The Labute approximate surface area is 163 Å². The minimum atomic E-state index is -1.57. The van der Waals surface area contributed by atoms with Crippen molar-refractivity contribution in [3.05, 3.63) is 10.1 Å². The van der Waals surface area contributed by atoms with E-state index in [2.05, 4.69) is 5.43 Å². The van der Waals surface area contributed by atoms with E-state index in [0.29, 0.717) is 6.42 Å². The number of amides is 1. The summed E-state index contributed by atoms with van der Waals surface area (Å²) in [6, 6.07) is -0.402. The average molecular weight is 441 g/mol. The molecule has 0 aromatic heterocycles. The summed E-state index contributed by atoms with van der Waals surface area (Å²) in [7, 11) is 0. The second-order valence-electron chi connectivity index (χ2n) is 6.29. The van der Waals surface area contributed by atoms with Crippen LogP contribution in [0.15, 0.2) is 10.1 Å². The molecule has 6 atom stereocenters. The fraction of sp³-hybridized carbons (Fsp3) is 0.769. The molecule has 4 nitrogen and oxygen atoms in total. The lowest BCUT2D eigenvalue weighted by atomic mass is 9.80. The van der Waals surface area contributed by atoms with E-state index < -0.39 is 20.2 Å². The molecule has 0 spiro atoms. The van der Waals surface area contributed by atoms with Crippen molar-refractivity contribution in [3.63, 3.8) is 0 Å². The van der Waals surface area contributed by atoms with Gasteiger partial charge in [-0.3, -0.25) is 0 Å². The lowest BCUT2D eigenvalue weighted by Crippen LogP contribution is -2.59. The molecule has 4 bridgehead atoms. The molecule has 4 rings (SSSR count). The minimum Gasteiger partial charge on any atom is -0.449 e. The van der Waals surface area contributed by atoms with Crippen LogP contribution in [0.4, 0.5) is 4.79 Å². The Bertz CT molecular complexity index is 642. The van der Waals surface area contributed by atoms with Gasteiger partial charge in [-0.2, -0.15) is 0 Å². The normalized spacial score (nSPS) is 49.1. The molecule has 1 heterocycles. The van der Waals surface area contributed by atoms with Crippen LogP contribution < -0.4 is 5.43 Å². The molecule has 1 saturated heterocycles. The third kappa shape index (κ3) is 1.61. The molecule has 1 aliphatic heterocycles. The average Bonchev–Trinajstić information content (AvgIpc) is 3.14. The fourth-order valence-electron chi connectivity index (χ4n) is 4.71. The molecule has 0 radical (unpaired) electrons. The molecule has 10 heteroatoms. The van der Waals surface area contributed by atoms with Crippen LogP contribution in [-0.4, -0.2) is 43.9 Å². The summed E-state index contributed by atoms with van der Waals surface area (Å²) in [6.07, 6.45) is 0.195. The van der Waals surface area contributed by atoms with Gasteiger partial charge in [0.05, 0.1) is 22.7 Å². The molecular formula is C13H12Cl6N2O2. The van der Waals surface area contributed by atoms with Crippen molar-refractivity contribution in [2.45, 2.75) is 39.5 Å². The maximum absolute atomic E-state index is 12.1. The van der Waals surface area contributed by atoms with Gasteiger partial charge in [0.15, 0.2) is 4.33 Å². The number of fused-ring (bicyclic) bond motifs is 9. The first kappa shape index (κ1) is 17.1. The summed E-state index contributed by atoms with van der Waals surface area (Å²) >= 11 is 39.5. The largest absolute Gasteiger partial charge is 0.449 e. The third-order valence-corrected chi connectivity index (χ3v) is 9.79. The number of nitrogens with one attached hydrogen (secondary N) is 1. The summed E-state index contributed by atoms with van der Waals surface area (Å²) in [4.78, 5) is 9.53. The lowest BCUT2D eigenvalue weighted by molar-refractivity contribution is 0.0387. The highest BCUT2D eigenvalue weighted by Crippen LogP contribution is 2.79. The van der Waals surface area contributed by atoms with Crippen molar-refractivity contribution in [2.24, 2.45) is 11.8 Å². The topological polar surface area (TPSA) is 41.6 Å². The highest BCUT2D eigenvalue weighted by Gasteiger charge is 2.87. The number of hydrogen-bond donors (Lipinski definition) is 1. The van der Waals surface area contributed by atoms with Gasteiger partial charge in [-0.1, -0.05) is 46.4 Å². The van der Waals surface area contributed by atoms with Crippen LogP contribution >= 0.6 is 69.6 Å². The van der Waals surface area contributed by atoms with Gasteiger partial charge < -0.3 is 4.74 Å². The Kier molecular flexibility index (Phi) is 3.66. The Morgan fingerprint density at radius 3 is 2.35 bits per heavy atom. The van der Waals surface area contributed by atoms with Crippen molar-refractivity contribution in [1.29, 1.82) is 0 Å².